The van der Waals surface area contributed by atoms with E-state index in [2.05, 4.69) is 15.7 Å². The Balaban J connectivity index is 0.00000242. The Morgan fingerprint density at radius 2 is 2.00 bits per heavy atom. The smallest absolute Gasteiger partial charge is 0.254 e. The van der Waals surface area contributed by atoms with Gasteiger partial charge in [-0.1, -0.05) is 11.6 Å². The molecule has 1 heterocycles. The second-order valence-corrected chi connectivity index (χ2v) is 5.37. The largest absolute Gasteiger partial charge is 0.350 e. The third kappa shape index (κ3) is 4.22. The van der Waals surface area contributed by atoms with Crippen LogP contribution in [-0.4, -0.2) is 35.3 Å². The van der Waals surface area contributed by atoms with Gasteiger partial charge in [0.05, 0.1) is 23.1 Å². The molecule has 7 heteroatoms. The van der Waals surface area contributed by atoms with Crippen LogP contribution in [0.25, 0.3) is 5.69 Å². The average Bonchev–Trinajstić information content (AvgIpc) is 2.87. The monoisotopic (exact) mass is 342 g/mol. The Morgan fingerprint density at radius 1 is 1.36 bits per heavy atom. The van der Waals surface area contributed by atoms with Crippen molar-refractivity contribution >= 4 is 29.9 Å². The Hall–Kier alpha value is -1.56. The van der Waals surface area contributed by atoms with E-state index in [9.17, 15) is 4.79 Å². The zero-order chi connectivity index (χ0) is 15.4. The molecule has 0 radical (unpaired) electrons. The van der Waals surface area contributed by atoms with E-state index < -0.39 is 0 Å². The molecule has 0 aliphatic carbocycles. The molecule has 0 saturated heterocycles. The number of hydrogen-bond acceptors (Lipinski definition) is 3. The van der Waals surface area contributed by atoms with Crippen LogP contribution in [0.1, 0.15) is 23.0 Å². The highest BCUT2D eigenvalue weighted by atomic mass is 35.5. The topological polar surface area (TPSA) is 58.9 Å². The molecular weight excluding hydrogens is 323 g/mol. The molecule has 1 aromatic heterocycles. The maximum Gasteiger partial charge on any atom is 0.254 e. The van der Waals surface area contributed by atoms with Crippen molar-refractivity contribution in [1.82, 2.24) is 20.4 Å². The molecule has 0 spiro atoms. The quantitative estimate of drug-likeness (QED) is 0.877. The molecule has 2 aromatic rings. The summed E-state index contributed by atoms with van der Waals surface area (Å²) in [5.41, 5.74) is 2.25. The highest BCUT2D eigenvalue weighted by Gasteiger charge is 2.15. The van der Waals surface area contributed by atoms with Crippen molar-refractivity contribution in [3.8, 4) is 5.69 Å². The van der Waals surface area contributed by atoms with Crippen LogP contribution in [-0.2, 0) is 0 Å². The first-order valence-corrected chi connectivity index (χ1v) is 7.16. The molecule has 2 N–H and O–H groups in total. The van der Waals surface area contributed by atoms with E-state index in [1.54, 1.807) is 23.0 Å². The minimum Gasteiger partial charge on any atom is -0.350 e. The van der Waals surface area contributed by atoms with Crippen LogP contribution in [0.5, 0.6) is 0 Å². The number of amides is 1. The van der Waals surface area contributed by atoms with Crippen LogP contribution in [0.4, 0.5) is 0 Å². The summed E-state index contributed by atoms with van der Waals surface area (Å²) in [5, 5.41) is 10.9. The van der Waals surface area contributed by atoms with Crippen molar-refractivity contribution in [3.63, 3.8) is 0 Å². The second-order valence-electron chi connectivity index (χ2n) is 4.93. The molecule has 22 heavy (non-hydrogen) atoms. The molecule has 1 unspecified atom stereocenters. The summed E-state index contributed by atoms with van der Waals surface area (Å²) in [4.78, 5) is 12.2. The lowest BCUT2D eigenvalue weighted by atomic mass is 10.2. The first kappa shape index (κ1) is 18.5. The minimum atomic E-state index is -0.116. The zero-order valence-electron chi connectivity index (χ0n) is 12.8. The summed E-state index contributed by atoms with van der Waals surface area (Å²) < 4.78 is 1.73. The minimum absolute atomic E-state index is 0. The van der Waals surface area contributed by atoms with Gasteiger partial charge in [0.15, 0.2) is 0 Å². The van der Waals surface area contributed by atoms with Gasteiger partial charge in [-0.05, 0) is 45.2 Å². The Kier molecular flexibility index (Phi) is 6.87. The Morgan fingerprint density at radius 3 is 2.59 bits per heavy atom. The van der Waals surface area contributed by atoms with Gasteiger partial charge in [-0.15, -0.1) is 12.4 Å². The first-order valence-electron chi connectivity index (χ1n) is 6.79. The fraction of sp³-hybridized carbons (Fsp3) is 0.333. The summed E-state index contributed by atoms with van der Waals surface area (Å²) in [6.07, 6.45) is 1.59. The highest BCUT2D eigenvalue weighted by Crippen LogP contribution is 2.16. The lowest BCUT2D eigenvalue weighted by Crippen LogP contribution is -2.37. The van der Waals surface area contributed by atoms with Gasteiger partial charge in [0.25, 0.3) is 5.91 Å². The van der Waals surface area contributed by atoms with Crippen molar-refractivity contribution in [2.24, 2.45) is 0 Å². The maximum absolute atomic E-state index is 12.2. The number of aromatic nitrogens is 2. The fourth-order valence-electron chi connectivity index (χ4n) is 1.92. The number of carbonyl (C=O) groups excluding carboxylic acids is 1. The van der Waals surface area contributed by atoms with E-state index in [4.69, 9.17) is 11.6 Å². The Labute approximate surface area is 141 Å². The van der Waals surface area contributed by atoms with E-state index in [-0.39, 0.29) is 24.4 Å². The molecular formula is C15H20Cl2N4O. The molecule has 1 atom stereocenters. The van der Waals surface area contributed by atoms with Crippen LogP contribution >= 0.6 is 24.0 Å². The summed E-state index contributed by atoms with van der Waals surface area (Å²) >= 11 is 5.88. The van der Waals surface area contributed by atoms with Gasteiger partial charge in [0.1, 0.15) is 0 Å². The molecule has 0 fully saturated rings. The number of carbonyl (C=O) groups is 1. The normalized spacial score (nSPS) is 11.6. The number of halogens is 2. The van der Waals surface area contributed by atoms with E-state index in [1.165, 1.54) is 0 Å². The van der Waals surface area contributed by atoms with Crippen LogP contribution in [0.2, 0.25) is 5.02 Å². The highest BCUT2D eigenvalue weighted by molar-refractivity contribution is 6.30. The predicted octanol–water partition coefficient (Wildman–Crippen LogP) is 2.59. The third-order valence-electron chi connectivity index (χ3n) is 3.39. The number of nitrogens with one attached hydrogen (secondary N) is 2. The van der Waals surface area contributed by atoms with Crippen LogP contribution in [0, 0.1) is 6.92 Å². The van der Waals surface area contributed by atoms with E-state index in [1.807, 2.05) is 33.0 Å². The van der Waals surface area contributed by atoms with Gasteiger partial charge in [-0.25, -0.2) is 4.68 Å². The SMILES string of the molecule is CNC(C)CNC(=O)c1cnn(-c2ccc(Cl)cc2)c1C.Cl. The number of rotatable bonds is 5. The van der Waals surface area contributed by atoms with Gasteiger partial charge in [0, 0.05) is 17.6 Å². The fourth-order valence-corrected chi connectivity index (χ4v) is 2.04. The molecule has 1 amide bonds. The predicted molar refractivity (Wildman–Crippen MR) is 91.4 cm³/mol. The van der Waals surface area contributed by atoms with Gasteiger partial charge in [-0.3, -0.25) is 4.79 Å². The van der Waals surface area contributed by atoms with E-state index in [0.29, 0.717) is 17.1 Å². The Bertz CT molecular complexity index is 625. The van der Waals surface area contributed by atoms with Crippen molar-refractivity contribution in [2.45, 2.75) is 19.9 Å². The molecule has 1 aromatic carbocycles. The molecule has 0 bridgehead atoms. The third-order valence-corrected chi connectivity index (χ3v) is 3.64. The van der Waals surface area contributed by atoms with Crippen molar-refractivity contribution in [3.05, 3.63) is 46.7 Å². The standard InChI is InChI=1S/C15H19ClN4O.ClH/c1-10(17-3)8-18-15(21)14-9-19-20(11(14)2)13-6-4-12(16)5-7-13;/h4-7,9-10,17H,8H2,1-3H3,(H,18,21);1H. The lowest BCUT2D eigenvalue weighted by molar-refractivity contribution is 0.0950. The maximum atomic E-state index is 12.2. The van der Waals surface area contributed by atoms with Crippen molar-refractivity contribution in [1.29, 1.82) is 0 Å². The molecule has 0 aliphatic rings. The molecule has 5 nitrogen and oxygen atoms in total. The summed E-state index contributed by atoms with van der Waals surface area (Å²) in [7, 11) is 1.86. The van der Waals surface area contributed by atoms with Gasteiger partial charge in [0.2, 0.25) is 0 Å². The van der Waals surface area contributed by atoms with E-state index in [0.717, 1.165) is 11.4 Å². The van der Waals surface area contributed by atoms with Crippen LogP contribution < -0.4 is 10.6 Å². The number of nitrogens with zero attached hydrogens (tertiary/aromatic N) is 2. The van der Waals surface area contributed by atoms with Crippen LogP contribution in [0.3, 0.4) is 0 Å². The van der Waals surface area contributed by atoms with Gasteiger partial charge >= 0.3 is 0 Å². The number of benzene rings is 1. The van der Waals surface area contributed by atoms with E-state index >= 15 is 0 Å². The number of likely N-dealkylation sites (N-methyl/N-ethyl adjacent to an activating group) is 1. The first-order chi connectivity index (χ1) is 10.0. The number of hydrogen-bond donors (Lipinski definition) is 2. The van der Waals surface area contributed by atoms with Crippen molar-refractivity contribution < 1.29 is 4.79 Å². The molecule has 120 valence electrons. The summed E-state index contributed by atoms with van der Waals surface area (Å²) in [5.74, 6) is -0.116. The molecule has 2 rings (SSSR count). The average molecular weight is 343 g/mol. The molecule has 0 aliphatic heterocycles. The molecule has 0 saturated carbocycles. The lowest BCUT2D eigenvalue weighted by Gasteiger charge is -2.11. The van der Waals surface area contributed by atoms with Gasteiger partial charge < -0.3 is 10.6 Å². The zero-order valence-corrected chi connectivity index (χ0v) is 14.3. The van der Waals surface area contributed by atoms with Gasteiger partial charge in [-0.2, -0.15) is 5.10 Å². The van der Waals surface area contributed by atoms with Crippen LogP contribution in [0.15, 0.2) is 30.5 Å². The summed E-state index contributed by atoms with van der Waals surface area (Å²) in [6, 6.07) is 7.55. The second kappa shape index (κ2) is 8.17. The summed E-state index contributed by atoms with van der Waals surface area (Å²) in [6.45, 7) is 4.45. The van der Waals surface area contributed by atoms with Crippen molar-refractivity contribution in [2.75, 3.05) is 13.6 Å².